The largest absolute Gasteiger partial charge is 0.494 e. The number of fused-ring (bicyclic) bond motifs is 10. The fourth-order valence-electron chi connectivity index (χ4n) is 4.96. The number of imide groups is 1. The summed E-state index contributed by atoms with van der Waals surface area (Å²) < 4.78 is 11.7. The van der Waals surface area contributed by atoms with Crippen LogP contribution in [0, 0.1) is 0 Å². The minimum Gasteiger partial charge on any atom is -0.494 e. The van der Waals surface area contributed by atoms with Crippen molar-refractivity contribution in [1.82, 2.24) is 14.9 Å². The van der Waals surface area contributed by atoms with Crippen molar-refractivity contribution in [3.63, 3.8) is 0 Å². The number of benzene rings is 3. The van der Waals surface area contributed by atoms with Gasteiger partial charge in [0.2, 0.25) is 0 Å². The zero-order valence-corrected chi connectivity index (χ0v) is 19.4. The molecule has 1 aliphatic heterocycles. The fraction of sp³-hybridized carbons (Fsp3) is 0.259. The van der Waals surface area contributed by atoms with E-state index in [1.807, 2.05) is 36.4 Å². The van der Waals surface area contributed by atoms with E-state index in [9.17, 15) is 9.59 Å². The maximum atomic E-state index is 13.4. The van der Waals surface area contributed by atoms with Crippen LogP contribution in [0.4, 0.5) is 0 Å². The van der Waals surface area contributed by atoms with Crippen LogP contribution in [-0.2, 0) is 0 Å². The molecule has 0 saturated heterocycles. The highest BCUT2D eigenvalue weighted by Crippen LogP contribution is 2.44. The van der Waals surface area contributed by atoms with Crippen LogP contribution in [0.1, 0.15) is 47.4 Å². The fourth-order valence-corrected chi connectivity index (χ4v) is 4.96. The highest BCUT2D eigenvalue weighted by molar-refractivity contribution is 6.39. The minimum absolute atomic E-state index is 0.291. The molecule has 3 heterocycles. The van der Waals surface area contributed by atoms with E-state index < -0.39 is 0 Å². The van der Waals surface area contributed by atoms with Gasteiger partial charge in [-0.2, -0.15) is 0 Å². The number of rotatable bonds is 6. The summed E-state index contributed by atoms with van der Waals surface area (Å²) in [6.07, 6.45) is 1.80. The van der Waals surface area contributed by atoms with E-state index in [4.69, 9.17) is 9.47 Å². The Morgan fingerprint density at radius 1 is 0.735 bits per heavy atom. The Labute approximate surface area is 195 Å². The topological polar surface area (TPSA) is 87.4 Å². The summed E-state index contributed by atoms with van der Waals surface area (Å²) in [7, 11) is 1.54. The van der Waals surface area contributed by atoms with E-state index in [1.54, 1.807) is 0 Å². The SMILES string of the molecule is CCCOc1ccc2[nH]c3c4[nH]c5ccc(OCCC)cc5c4c4c(c3c2c1)C(=O)N(C)C4=O. The zero-order chi connectivity index (χ0) is 23.6. The molecule has 2 amide bonds. The van der Waals surface area contributed by atoms with Gasteiger partial charge in [-0.1, -0.05) is 13.8 Å². The number of hydrogen-bond acceptors (Lipinski definition) is 4. The van der Waals surface area contributed by atoms with E-state index in [1.165, 1.54) is 11.9 Å². The molecule has 1 aliphatic rings. The first-order chi connectivity index (χ1) is 16.5. The molecule has 6 rings (SSSR count). The molecular weight excluding hydrogens is 430 g/mol. The Morgan fingerprint density at radius 2 is 1.18 bits per heavy atom. The summed E-state index contributed by atoms with van der Waals surface area (Å²) in [6, 6.07) is 11.7. The van der Waals surface area contributed by atoms with E-state index in [0.29, 0.717) is 24.3 Å². The molecule has 0 radical (unpaired) electrons. The van der Waals surface area contributed by atoms with Crippen molar-refractivity contribution in [2.45, 2.75) is 26.7 Å². The summed E-state index contributed by atoms with van der Waals surface area (Å²) in [5.74, 6) is 0.896. The predicted octanol–water partition coefficient (Wildman–Crippen LogP) is 5.76. The Kier molecular flexibility index (Phi) is 4.55. The lowest BCUT2D eigenvalue weighted by atomic mass is 9.96. The number of hydrogen-bond donors (Lipinski definition) is 2. The highest BCUT2D eigenvalue weighted by Gasteiger charge is 2.39. The van der Waals surface area contributed by atoms with E-state index in [-0.39, 0.29) is 11.8 Å². The predicted molar refractivity (Wildman–Crippen MR) is 133 cm³/mol. The van der Waals surface area contributed by atoms with Gasteiger partial charge in [-0.15, -0.1) is 0 Å². The van der Waals surface area contributed by atoms with Gasteiger partial charge in [0.1, 0.15) is 11.5 Å². The highest BCUT2D eigenvalue weighted by atomic mass is 16.5. The van der Waals surface area contributed by atoms with Crippen molar-refractivity contribution >= 4 is 55.4 Å². The zero-order valence-electron chi connectivity index (χ0n) is 19.4. The maximum Gasteiger partial charge on any atom is 0.262 e. The molecule has 5 aromatic rings. The minimum atomic E-state index is -0.291. The summed E-state index contributed by atoms with van der Waals surface area (Å²) in [5.41, 5.74) is 4.26. The first-order valence-corrected chi connectivity index (χ1v) is 11.7. The molecule has 0 aliphatic carbocycles. The van der Waals surface area contributed by atoms with Crippen LogP contribution in [0.3, 0.4) is 0 Å². The van der Waals surface area contributed by atoms with Crippen LogP contribution in [-0.4, -0.2) is 46.9 Å². The average molecular weight is 456 g/mol. The summed E-state index contributed by atoms with van der Waals surface area (Å²) in [4.78, 5) is 34.9. The van der Waals surface area contributed by atoms with Gasteiger partial charge in [0, 0.05) is 39.6 Å². The van der Waals surface area contributed by atoms with Crippen molar-refractivity contribution < 1.29 is 19.1 Å². The molecule has 0 fully saturated rings. The number of ether oxygens (including phenoxy) is 2. The van der Waals surface area contributed by atoms with Crippen LogP contribution in [0.15, 0.2) is 36.4 Å². The van der Waals surface area contributed by atoms with Gasteiger partial charge in [0.15, 0.2) is 0 Å². The summed E-state index contributed by atoms with van der Waals surface area (Å²) >= 11 is 0. The van der Waals surface area contributed by atoms with Gasteiger partial charge in [0.05, 0.1) is 35.4 Å². The van der Waals surface area contributed by atoms with Crippen LogP contribution in [0.2, 0.25) is 0 Å². The van der Waals surface area contributed by atoms with Gasteiger partial charge in [-0.3, -0.25) is 14.5 Å². The van der Waals surface area contributed by atoms with Crippen molar-refractivity contribution in [3.8, 4) is 11.5 Å². The number of carbonyl (C=O) groups is 2. The number of amides is 2. The lowest BCUT2D eigenvalue weighted by Gasteiger charge is -2.06. The molecule has 2 N–H and O–H groups in total. The molecule has 7 nitrogen and oxygen atoms in total. The normalized spacial score (nSPS) is 13.7. The number of carbonyl (C=O) groups excluding carboxylic acids is 2. The third-order valence-electron chi connectivity index (χ3n) is 6.52. The van der Waals surface area contributed by atoms with E-state index in [0.717, 1.165) is 68.0 Å². The lowest BCUT2D eigenvalue weighted by molar-refractivity contribution is 0.0694. The Bertz CT molecular complexity index is 1520. The third-order valence-corrected chi connectivity index (χ3v) is 6.52. The number of aromatic amines is 2. The number of nitrogens with zero attached hydrogens (tertiary/aromatic N) is 1. The van der Waals surface area contributed by atoms with Crippen LogP contribution in [0.5, 0.6) is 11.5 Å². The molecule has 0 saturated carbocycles. The van der Waals surface area contributed by atoms with Crippen LogP contribution < -0.4 is 9.47 Å². The number of H-pyrrole nitrogens is 2. The smallest absolute Gasteiger partial charge is 0.262 e. The lowest BCUT2D eigenvalue weighted by Crippen LogP contribution is -2.24. The maximum absolute atomic E-state index is 13.4. The molecule has 7 heteroatoms. The van der Waals surface area contributed by atoms with Crippen molar-refractivity contribution in [1.29, 1.82) is 0 Å². The second-order valence-electron chi connectivity index (χ2n) is 8.78. The van der Waals surface area contributed by atoms with Gasteiger partial charge in [-0.05, 0) is 49.2 Å². The molecule has 0 unspecified atom stereocenters. The van der Waals surface area contributed by atoms with Crippen LogP contribution >= 0.6 is 0 Å². The average Bonchev–Trinajstić information content (AvgIpc) is 3.48. The molecule has 34 heavy (non-hydrogen) atoms. The quantitative estimate of drug-likeness (QED) is 0.319. The Balaban J connectivity index is 1.74. The number of nitrogens with one attached hydrogen (secondary N) is 2. The van der Waals surface area contributed by atoms with Gasteiger partial charge in [-0.25, -0.2) is 0 Å². The molecule has 0 atom stereocenters. The second-order valence-corrected chi connectivity index (χ2v) is 8.78. The molecule has 2 aromatic heterocycles. The summed E-state index contributed by atoms with van der Waals surface area (Å²) in [6.45, 7) is 5.34. The van der Waals surface area contributed by atoms with Crippen molar-refractivity contribution in [3.05, 3.63) is 47.5 Å². The van der Waals surface area contributed by atoms with E-state index in [2.05, 4.69) is 23.8 Å². The van der Waals surface area contributed by atoms with Crippen molar-refractivity contribution in [2.75, 3.05) is 20.3 Å². The molecule has 0 bridgehead atoms. The Morgan fingerprint density at radius 3 is 1.59 bits per heavy atom. The molecule has 0 spiro atoms. The van der Waals surface area contributed by atoms with Gasteiger partial charge < -0.3 is 19.4 Å². The van der Waals surface area contributed by atoms with Gasteiger partial charge in [0.25, 0.3) is 11.8 Å². The van der Waals surface area contributed by atoms with Crippen LogP contribution in [0.25, 0.3) is 43.6 Å². The first kappa shape index (κ1) is 20.6. The Hall–Kier alpha value is -4.00. The van der Waals surface area contributed by atoms with E-state index >= 15 is 0 Å². The molecular formula is C27H25N3O4. The second kappa shape index (κ2) is 7.52. The van der Waals surface area contributed by atoms with Gasteiger partial charge >= 0.3 is 0 Å². The summed E-state index contributed by atoms with van der Waals surface area (Å²) in [5, 5.41) is 3.22. The number of aromatic nitrogens is 2. The molecule has 172 valence electrons. The van der Waals surface area contributed by atoms with Crippen molar-refractivity contribution in [2.24, 2.45) is 0 Å². The third kappa shape index (κ3) is 2.76. The first-order valence-electron chi connectivity index (χ1n) is 11.7. The molecule has 3 aromatic carbocycles. The standard InChI is InChI=1S/C27H25N3O4/c1-4-10-33-14-6-8-18-16(12-14)20-22-23(27(32)30(3)26(22)31)21-17-13-15(34-11-5-2)7-9-19(17)29-25(21)24(20)28-18/h6-9,12-13,28-29H,4-5,10-11H2,1-3H3. The monoisotopic (exact) mass is 455 g/mol.